The van der Waals surface area contributed by atoms with Crippen molar-refractivity contribution in [2.75, 3.05) is 13.7 Å². The second-order valence-corrected chi connectivity index (χ2v) is 7.82. The van der Waals surface area contributed by atoms with Crippen LogP contribution in [0.3, 0.4) is 0 Å². The lowest BCUT2D eigenvalue weighted by molar-refractivity contribution is -0.135. The smallest absolute Gasteiger partial charge is 0.371 e. The molecule has 0 unspecified atom stereocenters. The third kappa shape index (κ3) is 6.25. The van der Waals surface area contributed by atoms with Crippen LogP contribution in [0.5, 0.6) is 11.5 Å². The van der Waals surface area contributed by atoms with Crippen molar-refractivity contribution in [2.45, 2.75) is 31.6 Å². The maximum atomic E-state index is 12.6. The summed E-state index contributed by atoms with van der Waals surface area (Å²) in [4.78, 5) is 11.2. The Hall–Kier alpha value is -3.00. The number of unbranched alkanes of at least 4 members (excludes halogenated alkanes) is 1. The number of carboxylic acids is 1. The zero-order valence-electron chi connectivity index (χ0n) is 16.5. The first kappa shape index (κ1) is 22.3. The Labute approximate surface area is 170 Å². The van der Waals surface area contributed by atoms with Crippen molar-refractivity contribution in [2.24, 2.45) is 0 Å². The number of rotatable bonds is 10. The highest BCUT2D eigenvalue weighted by molar-refractivity contribution is 7.87. The SMILES string of the molecule is CCCCOc1cc(/C=C(/OC)C(=O)O)ccc1OS(=O)(=O)c1ccc(C)cc1. The van der Waals surface area contributed by atoms with Crippen LogP contribution in [0, 0.1) is 6.92 Å². The topological polar surface area (TPSA) is 99.1 Å². The van der Waals surface area contributed by atoms with E-state index in [9.17, 15) is 13.2 Å². The van der Waals surface area contributed by atoms with Gasteiger partial charge in [0.1, 0.15) is 4.90 Å². The molecule has 1 N–H and O–H groups in total. The molecule has 0 aromatic heterocycles. The number of carbonyl (C=O) groups is 1. The van der Waals surface area contributed by atoms with E-state index in [-0.39, 0.29) is 22.2 Å². The molecule has 2 aromatic carbocycles. The van der Waals surface area contributed by atoms with Crippen molar-refractivity contribution in [3.05, 3.63) is 59.4 Å². The first-order chi connectivity index (χ1) is 13.8. The average molecular weight is 420 g/mol. The van der Waals surface area contributed by atoms with Crippen molar-refractivity contribution in [1.82, 2.24) is 0 Å². The maximum absolute atomic E-state index is 12.6. The van der Waals surface area contributed by atoms with Crippen molar-refractivity contribution >= 4 is 22.2 Å². The molecule has 0 spiro atoms. The summed E-state index contributed by atoms with van der Waals surface area (Å²) >= 11 is 0. The maximum Gasteiger partial charge on any atom is 0.371 e. The Bertz CT molecular complexity index is 977. The Morgan fingerprint density at radius 2 is 1.79 bits per heavy atom. The van der Waals surface area contributed by atoms with Crippen molar-refractivity contribution in [3.63, 3.8) is 0 Å². The third-order valence-corrected chi connectivity index (χ3v) is 5.21. The van der Waals surface area contributed by atoms with E-state index in [4.69, 9.17) is 18.8 Å². The van der Waals surface area contributed by atoms with Crippen LogP contribution in [0.1, 0.15) is 30.9 Å². The van der Waals surface area contributed by atoms with Crippen LogP contribution in [0.4, 0.5) is 0 Å². The van der Waals surface area contributed by atoms with Gasteiger partial charge in [0.25, 0.3) is 0 Å². The number of hydrogen-bond donors (Lipinski definition) is 1. The van der Waals surface area contributed by atoms with Gasteiger partial charge >= 0.3 is 16.1 Å². The highest BCUT2D eigenvalue weighted by Gasteiger charge is 2.20. The summed E-state index contributed by atoms with van der Waals surface area (Å²) in [6.07, 6.45) is 2.97. The van der Waals surface area contributed by atoms with Gasteiger partial charge in [0.2, 0.25) is 5.76 Å². The van der Waals surface area contributed by atoms with Crippen molar-refractivity contribution in [3.8, 4) is 11.5 Å². The Kier molecular flexibility index (Phi) is 7.67. The lowest BCUT2D eigenvalue weighted by Gasteiger charge is -2.14. The van der Waals surface area contributed by atoms with Gasteiger partial charge in [-0.2, -0.15) is 8.42 Å². The zero-order valence-corrected chi connectivity index (χ0v) is 17.4. The fraction of sp³-hybridized carbons (Fsp3) is 0.286. The van der Waals surface area contributed by atoms with Crippen LogP contribution in [0.2, 0.25) is 0 Å². The van der Waals surface area contributed by atoms with Gasteiger partial charge in [-0.05, 0) is 49.2 Å². The van der Waals surface area contributed by atoms with E-state index in [1.807, 2.05) is 13.8 Å². The standard InChI is InChI=1S/C21H24O7S/c1-4-5-12-27-19-13-16(14-20(26-3)21(22)23)8-11-18(19)28-29(24,25)17-9-6-15(2)7-10-17/h6-11,13-14H,4-5,12H2,1-3H3,(H,22,23)/b20-14+. The van der Waals surface area contributed by atoms with E-state index in [1.54, 1.807) is 12.1 Å². The number of carboxylic acid groups (broad SMARTS) is 1. The van der Waals surface area contributed by atoms with E-state index >= 15 is 0 Å². The molecule has 29 heavy (non-hydrogen) atoms. The van der Waals surface area contributed by atoms with Gasteiger partial charge in [0, 0.05) is 0 Å². The summed E-state index contributed by atoms with van der Waals surface area (Å²) in [5, 5.41) is 9.10. The largest absolute Gasteiger partial charge is 0.490 e. The molecule has 0 aliphatic heterocycles. The van der Waals surface area contributed by atoms with Gasteiger partial charge in [-0.15, -0.1) is 0 Å². The summed E-state index contributed by atoms with van der Waals surface area (Å²) in [5.41, 5.74) is 1.40. The predicted molar refractivity (Wildman–Crippen MR) is 108 cm³/mol. The number of benzene rings is 2. The van der Waals surface area contributed by atoms with E-state index in [0.717, 1.165) is 18.4 Å². The first-order valence-corrected chi connectivity index (χ1v) is 10.4. The molecule has 0 atom stereocenters. The number of aryl methyl sites for hydroxylation is 1. The van der Waals surface area contributed by atoms with Crippen LogP contribution in [-0.4, -0.2) is 33.2 Å². The van der Waals surface area contributed by atoms with Gasteiger partial charge in [0.05, 0.1) is 13.7 Å². The van der Waals surface area contributed by atoms with Gasteiger partial charge in [-0.25, -0.2) is 4.79 Å². The van der Waals surface area contributed by atoms with Crippen LogP contribution in [0.25, 0.3) is 6.08 Å². The van der Waals surface area contributed by atoms with Crippen molar-refractivity contribution in [1.29, 1.82) is 0 Å². The quantitative estimate of drug-likeness (QED) is 0.268. The van der Waals surface area contributed by atoms with Gasteiger partial charge < -0.3 is 18.8 Å². The molecule has 0 saturated heterocycles. The average Bonchev–Trinajstić information content (AvgIpc) is 2.68. The molecule has 0 radical (unpaired) electrons. The molecule has 7 nitrogen and oxygen atoms in total. The molecule has 2 aromatic rings. The van der Waals surface area contributed by atoms with Gasteiger partial charge in [0.15, 0.2) is 11.5 Å². The summed E-state index contributed by atoms with van der Waals surface area (Å²) in [6.45, 7) is 4.22. The molecule has 0 fully saturated rings. The normalized spacial score (nSPS) is 11.8. The molecule has 0 aliphatic carbocycles. The number of aliphatic carboxylic acids is 1. The van der Waals surface area contributed by atoms with Gasteiger partial charge in [-0.3, -0.25) is 0 Å². The molecular formula is C21H24O7S. The summed E-state index contributed by atoms with van der Waals surface area (Å²) in [7, 11) is -2.80. The molecule has 0 aliphatic rings. The summed E-state index contributed by atoms with van der Waals surface area (Å²) in [5.74, 6) is -1.26. The highest BCUT2D eigenvalue weighted by Crippen LogP contribution is 2.32. The van der Waals surface area contributed by atoms with E-state index in [0.29, 0.717) is 12.2 Å². The highest BCUT2D eigenvalue weighted by atomic mass is 32.2. The fourth-order valence-corrected chi connectivity index (χ4v) is 3.29. The molecule has 0 amide bonds. The lowest BCUT2D eigenvalue weighted by atomic mass is 10.2. The molecule has 0 heterocycles. The Morgan fingerprint density at radius 1 is 1.10 bits per heavy atom. The van der Waals surface area contributed by atoms with Crippen LogP contribution in [0.15, 0.2) is 53.1 Å². The zero-order chi connectivity index (χ0) is 21.4. The molecule has 2 rings (SSSR count). The van der Waals surface area contributed by atoms with E-state index in [2.05, 4.69) is 0 Å². The summed E-state index contributed by atoms with van der Waals surface area (Å²) in [6, 6.07) is 10.8. The molecular weight excluding hydrogens is 396 g/mol. The van der Waals surface area contributed by atoms with Crippen LogP contribution in [-0.2, 0) is 19.6 Å². The monoisotopic (exact) mass is 420 g/mol. The van der Waals surface area contributed by atoms with Crippen LogP contribution < -0.4 is 8.92 Å². The number of hydrogen-bond acceptors (Lipinski definition) is 6. The number of ether oxygens (including phenoxy) is 2. The molecule has 156 valence electrons. The minimum absolute atomic E-state index is 0.0214. The van der Waals surface area contributed by atoms with E-state index in [1.165, 1.54) is 43.5 Å². The fourth-order valence-electron chi connectivity index (χ4n) is 2.35. The van der Waals surface area contributed by atoms with Crippen molar-refractivity contribution < 1.29 is 32.0 Å². The summed E-state index contributed by atoms with van der Waals surface area (Å²) < 4.78 is 41.0. The van der Waals surface area contributed by atoms with E-state index < -0.39 is 16.1 Å². The second-order valence-electron chi connectivity index (χ2n) is 6.28. The third-order valence-electron chi connectivity index (χ3n) is 3.96. The van der Waals surface area contributed by atoms with Gasteiger partial charge in [-0.1, -0.05) is 37.1 Å². The Morgan fingerprint density at radius 3 is 2.38 bits per heavy atom. The van der Waals surface area contributed by atoms with Crippen LogP contribution >= 0.6 is 0 Å². The molecule has 0 bridgehead atoms. The predicted octanol–water partition coefficient (Wildman–Crippen LogP) is 4.01. The number of methoxy groups -OCH3 is 1. The lowest BCUT2D eigenvalue weighted by Crippen LogP contribution is -2.11. The Balaban J connectivity index is 2.39. The second kappa shape index (κ2) is 9.97. The molecule has 0 saturated carbocycles. The minimum atomic E-state index is -4.05. The first-order valence-electron chi connectivity index (χ1n) is 9.04. The molecule has 8 heteroatoms. The minimum Gasteiger partial charge on any atom is -0.490 e.